The fourth-order valence-corrected chi connectivity index (χ4v) is 2.76. The van der Waals surface area contributed by atoms with Gasteiger partial charge in [0.05, 0.1) is 11.3 Å². The summed E-state index contributed by atoms with van der Waals surface area (Å²) in [6.45, 7) is 4.93. The molecule has 5 heteroatoms. The number of para-hydroxylation sites is 1. The fraction of sp³-hybridized carbons (Fsp3) is 0.182. The van der Waals surface area contributed by atoms with E-state index in [1.807, 2.05) is 24.3 Å². The summed E-state index contributed by atoms with van der Waals surface area (Å²) in [6.07, 6.45) is 1.52. The molecule has 0 aliphatic rings. The Balaban J connectivity index is 1.74. The molecular formula is C22H22FN3O. The van der Waals surface area contributed by atoms with Gasteiger partial charge in [0.15, 0.2) is 0 Å². The molecule has 27 heavy (non-hydrogen) atoms. The van der Waals surface area contributed by atoms with Crippen LogP contribution < -0.4 is 10.2 Å². The maximum Gasteiger partial charge on any atom is 0.257 e. The second kappa shape index (κ2) is 8.45. The van der Waals surface area contributed by atoms with Crippen molar-refractivity contribution in [3.63, 3.8) is 0 Å². The number of halogens is 1. The molecule has 3 aromatic rings. The number of carbonyl (C=O) groups is 1. The first-order valence-corrected chi connectivity index (χ1v) is 8.87. The molecule has 0 spiro atoms. The van der Waals surface area contributed by atoms with Gasteiger partial charge in [0.2, 0.25) is 0 Å². The molecular weight excluding hydrogens is 341 g/mol. The number of hydrogen-bond acceptors (Lipinski definition) is 3. The molecule has 4 nitrogen and oxygen atoms in total. The third-order valence-corrected chi connectivity index (χ3v) is 4.25. The smallest absolute Gasteiger partial charge is 0.257 e. The van der Waals surface area contributed by atoms with Gasteiger partial charge < -0.3 is 10.2 Å². The van der Waals surface area contributed by atoms with Crippen LogP contribution in [-0.2, 0) is 6.54 Å². The second-order valence-corrected chi connectivity index (χ2v) is 6.55. The molecule has 1 N–H and O–H groups in total. The van der Waals surface area contributed by atoms with Gasteiger partial charge in [0.1, 0.15) is 11.6 Å². The number of aromatic nitrogens is 1. The van der Waals surface area contributed by atoms with Crippen LogP contribution in [0.1, 0.15) is 29.8 Å². The summed E-state index contributed by atoms with van der Waals surface area (Å²) in [7, 11) is 0. The van der Waals surface area contributed by atoms with Gasteiger partial charge in [-0.2, -0.15) is 0 Å². The van der Waals surface area contributed by atoms with Crippen LogP contribution in [0.3, 0.4) is 0 Å². The van der Waals surface area contributed by atoms with Crippen LogP contribution in [-0.4, -0.2) is 16.9 Å². The van der Waals surface area contributed by atoms with Gasteiger partial charge in [-0.3, -0.25) is 4.79 Å². The van der Waals surface area contributed by atoms with Crippen molar-refractivity contribution in [2.75, 3.05) is 10.2 Å². The van der Waals surface area contributed by atoms with Crippen LogP contribution >= 0.6 is 0 Å². The number of benzene rings is 2. The van der Waals surface area contributed by atoms with Gasteiger partial charge in [0.25, 0.3) is 5.91 Å². The maximum atomic E-state index is 13.7. The Labute approximate surface area is 158 Å². The van der Waals surface area contributed by atoms with E-state index in [0.29, 0.717) is 5.56 Å². The summed E-state index contributed by atoms with van der Waals surface area (Å²) in [5.74, 6) is -0.0705. The molecule has 0 aliphatic carbocycles. The van der Waals surface area contributed by atoms with E-state index in [1.165, 1.54) is 23.9 Å². The molecule has 2 aromatic carbocycles. The molecule has 0 unspecified atom stereocenters. The third-order valence-electron chi connectivity index (χ3n) is 4.25. The lowest BCUT2D eigenvalue weighted by atomic mass is 10.2. The van der Waals surface area contributed by atoms with Crippen LogP contribution in [0, 0.1) is 5.82 Å². The number of anilines is 2. The molecule has 0 bridgehead atoms. The van der Waals surface area contributed by atoms with E-state index < -0.39 is 11.7 Å². The Morgan fingerprint density at radius 3 is 2.37 bits per heavy atom. The fourth-order valence-electron chi connectivity index (χ4n) is 2.76. The van der Waals surface area contributed by atoms with Crippen LogP contribution in [0.2, 0.25) is 0 Å². The van der Waals surface area contributed by atoms with E-state index >= 15 is 0 Å². The first-order chi connectivity index (χ1) is 13.0. The van der Waals surface area contributed by atoms with Gasteiger partial charge in [0, 0.05) is 18.8 Å². The third kappa shape index (κ3) is 4.70. The molecule has 1 amide bonds. The van der Waals surface area contributed by atoms with Gasteiger partial charge in [-0.15, -0.1) is 0 Å². The van der Waals surface area contributed by atoms with E-state index in [4.69, 9.17) is 0 Å². The Morgan fingerprint density at radius 2 is 1.74 bits per heavy atom. The molecule has 138 valence electrons. The lowest BCUT2D eigenvalue weighted by Gasteiger charge is -2.28. The SMILES string of the molecule is CC(C)N(Cc1ccccc1)c1ccc(C(=O)Nc2ccccc2F)cn1. The highest BCUT2D eigenvalue weighted by Crippen LogP contribution is 2.19. The average Bonchev–Trinajstić information content (AvgIpc) is 2.68. The zero-order valence-corrected chi connectivity index (χ0v) is 15.4. The Kier molecular flexibility index (Phi) is 5.81. The first kappa shape index (κ1) is 18.6. The highest BCUT2D eigenvalue weighted by Gasteiger charge is 2.14. The van der Waals surface area contributed by atoms with Crippen LogP contribution in [0.4, 0.5) is 15.9 Å². The number of nitrogens with zero attached hydrogens (tertiary/aromatic N) is 2. The van der Waals surface area contributed by atoms with Gasteiger partial charge in [-0.25, -0.2) is 9.37 Å². The van der Waals surface area contributed by atoms with E-state index in [9.17, 15) is 9.18 Å². The van der Waals surface area contributed by atoms with Crippen molar-refractivity contribution < 1.29 is 9.18 Å². The summed E-state index contributed by atoms with van der Waals surface area (Å²) in [6, 6.07) is 20.0. The van der Waals surface area contributed by atoms with Crippen LogP contribution in [0.5, 0.6) is 0 Å². The lowest BCUT2D eigenvalue weighted by molar-refractivity contribution is 0.102. The molecule has 0 fully saturated rings. The summed E-state index contributed by atoms with van der Waals surface area (Å²) in [5, 5.41) is 2.57. The number of carbonyl (C=O) groups excluding carboxylic acids is 1. The first-order valence-electron chi connectivity index (χ1n) is 8.87. The van der Waals surface area contributed by atoms with E-state index in [-0.39, 0.29) is 11.7 Å². The van der Waals surface area contributed by atoms with Crippen molar-refractivity contribution in [2.24, 2.45) is 0 Å². The summed E-state index contributed by atoms with van der Waals surface area (Å²) in [4.78, 5) is 19.0. The second-order valence-electron chi connectivity index (χ2n) is 6.55. The summed E-state index contributed by atoms with van der Waals surface area (Å²) >= 11 is 0. The van der Waals surface area contributed by atoms with E-state index in [2.05, 4.69) is 41.2 Å². The molecule has 1 heterocycles. The minimum absolute atomic E-state index is 0.152. The highest BCUT2D eigenvalue weighted by molar-refractivity contribution is 6.04. The van der Waals surface area contributed by atoms with Crippen molar-refractivity contribution in [3.05, 3.63) is 89.9 Å². The zero-order valence-electron chi connectivity index (χ0n) is 15.4. The quantitative estimate of drug-likeness (QED) is 0.678. The van der Waals surface area contributed by atoms with Crippen molar-refractivity contribution in [3.8, 4) is 0 Å². The zero-order chi connectivity index (χ0) is 19.2. The van der Waals surface area contributed by atoms with Crippen molar-refractivity contribution in [2.45, 2.75) is 26.4 Å². The topological polar surface area (TPSA) is 45.2 Å². The number of pyridine rings is 1. The largest absolute Gasteiger partial charge is 0.350 e. The Bertz CT molecular complexity index is 895. The predicted octanol–water partition coefficient (Wildman–Crippen LogP) is 4.89. The number of hydrogen-bond donors (Lipinski definition) is 1. The monoisotopic (exact) mass is 363 g/mol. The summed E-state index contributed by atoms with van der Waals surface area (Å²) in [5.41, 5.74) is 1.72. The maximum absolute atomic E-state index is 13.7. The summed E-state index contributed by atoms with van der Waals surface area (Å²) < 4.78 is 13.7. The predicted molar refractivity (Wildman–Crippen MR) is 106 cm³/mol. The standard InChI is InChI=1S/C22H22FN3O/c1-16(2)26(15-17-8-4-3-5-9-17)21-13-12-18(14-24-21)22(27)25-20-11-7-6-10-19(20)23/h3-14,16H,15H2,1-2H3,(H,25,27). The lowest BCUT2D eigenvalue weighted by Crippen LogP contribution is -2.31. The molecule has 1 aromatic heterocycles. The van der Waals surface area contributed by atoms with Gasteiger partial charge >= 0.3 is 0 Å². The highest BCUT2D eigenvalue weighted by atomic mass is 19.1. The Morgan fingerprint density at radius 1 is 1.04 bits per heavy atom. The molecule has 0 atom stereocenters. The Hall–Kier alpha value is -3.21. The molecule has 0 aliphatic heterocycles. The minimum atomic E-state index is -0.468. The number of nitrogens with one attached hydrogen (secondary N) is 1. The van der Waals surface area contributed by atoms with E-state index in [1.54, 1.807) is 18.2 Å². The van der Waals surface area contributed by atoms with Crippen molar-refractivity contribution >= 4 is 17.4 Å². The van der Waals surface area contributed by atoms with Gasteiger partial charge in [-0.05, 0) is 43.7 Å². The molecule has 3 rings (SSSR count). The van der Waals surface area contributed by atoms with E-state index in [0.717, 1.165) is 12.4 Å². The average molecular weight is 363 g/mol. The number of amides is 1. The molecule has 0 radical (unpaired) electrons. The van der Waals surface area contributed by atoms with Crippen molar-refractivity contribution in [1.29, 1.82) is 0 Å². The number of rotatable bonds is 6. The van der Waals surface area contributed by atoms with Crippen LogP contribution in [0.15, 0.2) is 72.9 Å². The van der Waals surface area contributed by atoms with Crippen LogP contribution in [0.25, 0.3) is 0 Å². The van der Waals surface area contributed by atoms with Crippen molar-refractivity contribution in [1.82, 2.24) is 4.98 Å². The minimum Gasteiger partial charge on any atom is -0.350 e. The molecule has 0 saturated heterocycles. The normalized spacial score (nSPS) is 10.7. The van der Waals surface area contributed by atoms with Gasteiger partial charge in [-0.1, -0.05) is 42.5 Å². The molecule has 0 saturated carbocycles.